The van der Waals surface area contributed by atoms with E-state index in [-0.39, 0.29) is 0 Å². The van der Waals surface area contributed by atoms with Crippen molar-refractivity contribution < 1.29 is 26.4 Å². The quantitative estimate of drug-likeness (QED) is 0.822. The monoisotopic (exact) mass is 392 g/mol. The van der Waals surface area contributed by atoms with E-state index in [0.29, 0.717) is 12.6 Å². The third kappa shape index (κ3) is 5.28. The van der Waals surface area contributed by atoms with Gasteiger partial charge in [-0.15, -0.1) is 11.3 Å². The molecule has 1 heterocycles. The van der Waals surface area contributed by atoms with Gasteiger partial charge in [-0.05, 0) is 29.6 Å². The second kappa shape index (κ2) is 7.54. The van der Waals surface area contributed by atoms with Crippen LogP contribution < -0.4 is 4.72 Å². The van der Waals surface area contributed by atoms with Crippen LogP contribution in [0.2, 0.25) is 0 Å². The highest BCUT2D eigenvalue weighted by Crippen LogP contribution is 2.30. The third-order valence-corrected chi connectivity index (χ3v) is 5.54. The Kier molecular flexibility index (Phi) is 5.86. The molecule has 25 heavy (non-hydrogen) atoms. The van der Waals surface area contributed by atoms with Crippen molar-refractivity contribution in [3.05, 3.63) is 52.2 Å². The van der Waals surface area contributed by atoms with Crippen LogP contribution in [-0.4, -0.2) is 32.8 Å². The molecule has 0 saturated carbocycles. The number of carbonyl (C=O) groups is 1. The van der Waals surface area contributed by atoms with Gasteiger partial charge in [0.1, 0.15) is 0 Å². The van der Waals surface area contributed by atoms with Crippen molar-refractivity contribution in [2.45, 2.75) is 17.6 Å². The Bertz CT molecular complexity index is 834. The molecule has 0 spiro atoms. The average Bonchev–Trinajstić information content (AvgIpc) is 3.05. The molecule has 1 aromatic carbocycles. The summed E-state index contributed by atoms with van der Waals surface area (Å²) < 4.78 is 64.3. The second-order valence-electron chi connectivity index (χ2n) is 5.18. The summed E-state index contributed by atoms with van der Waals surface area (Å²) in [6, 6.07) is 7.01. The normalized spacial score (nSPS) is 12.2. The standard InChI is InChI=1S/C15H15F3N2O3S2/c1-20(10-12-5-3-7-24-12)14(21)9-19-25(22,23)13-6-2-4-11(8-13)15(16,17)18/h2-8,19H,9-10H2,1H3. The molecule has 10 heteroatoms. The fourth-order valence-electron chi connectivity index (χ4n) is 1.94. The number of thiophene rings is 1. The molecule has 0 aliphatic carbocycles. The minimum Gasteiger partial charge on any atom is -0.339 e. The summed E-state index contributed by atoms with van der Waals surface area (Å²) in [6.45, 7) is -0.220. The van der Waals surface area contributed by atoms with Crippen molar-refractivity contribution in [1.29, 1.82) is 0 Å². The van der Waals surface area contributed by atoms with E-state index in [2.05, 4.69) is 0 Å². The Morgan fingerprint density at radius 3 is 2.56 bits per heavy atom. The molecule has 0 unspecified atom stereocenters. The van der Waals surface area contributed by atoms with E-state index >= 15 is 0 Å². The van der Waals surface area contributed by atoms with E-state index in [1.807, 2.05) is 22.2 Å². The predicted octanol–water partition coefficient (Wildman–Crippen LogP) is 2.70. The van der Waals surface area contributed by atoms with Crippen molar-refractivity contribution in [1.82, 2.24) is 9.62 Å². The molecule has 0 fully saturated rings. The maximum absolute atomic E-state index is 12.7. The van der Waals surface area contributed by atoms with E-state index in [0.717, 1.165) is 23.1 Å². The lowest BCUT2D eigenvalue weighted by molar-refractivity contribution is -0.137. The summed E-state index contributed by atoms with van der Waals surface area (Å²) in [7, 11) is -2.71. The van der Waals surface area contributed by atoms with Crippen LogP contribution in [0, 0.1) is 0 Å². The van der Waals surface area contributed by atoms with E-state index in [4.69, 9.17) is 0 Å². The van der Waals surface area contributed by atoms with Gasteiger partial charge in [0.15, 0.2) is 0 Å². The zero-order valence-corrected chi connectivity index (χ0v) is 14.7. The molecule has 136 valence electrons. The lowest BCUT2D eigenvalue weighted by Gasteiger charge is -2.17. The number of benzene rings is 1. The van der Waals surface area contributed by atoms with Crippen LogP contribution in [0.4, 0.5) is 13.2 Å². The van der Waals surface area contributed by atoms with Gasteiger partial charge in [0.25, 0.3) is 0 Å². The molecule has 5 nitrogen and oxygen atoms in total. The second-order valence-corrected chi connectivity index (χ2v) is 7.98. The number of sulfonamides is 1. The van der Waals surface area contributed by atoms with Crippen molar-refractivity contribution >= 4 is 27.3 Å². The smallest absolute Gasteiger partial charge is 0.339 e. The molecular formula is C15H15F3N2O3S2. The van der Waals surface area contributed by atoms with Gasteiger partial charge in [-0.25, -0.2) is 13.1 Å². The van der Waals surface area contributed by atoms with Crippen LogP contribution in [-0.2, 0) is 27.5 Å². The number of amides is 1. The van der Waals surface area contributed by atoms with Gasteiger partial charge in [-0.3, -0.25) is 4.79 Å². The Morgan fingerprint density at radius 1 is 1.24 bits per heavy atom. The highest BCUT2D eigenvalue weighted by molar-refractivity contribution is 7.89. The zero-order valence-electron chi connectivity index (χ0n) is 13.1. The van der Waals surface area contributed by atoms with Crippen LogP contribution in [0.3, 0.4) is 0 Å². The Labute approximate surface area is 147 Å². The first kappa shape index (κ1) is 19.4. The molecule has 0 bridgehead atoms. The number of alkyl halides is 3. The molecule has 1 aromatic heterocycles. The highest BCUT2D eigenvalue weighted by atomic mass is 32.2. The van der Waals surface area contributed by atoms with Crippen molar-refractivity contribution in [3.8, 4) is 0 Å². The minimum atomic E-state index is -4.65. The van der Waals surface area contributed by atoms with Crippen LogP contribution in [0.25, 0.3) is 0 Å². The highest BCUT2D eigenvalue weighted by Gasteiger charge is 2.31. The molecule has 2 rings (SSSR count). The molecule has 0 aliphatic heterocycles. The van der Waals surface area contributed by atoms with Crippen molar-refractivity contribution in [3.63, 3.8) is 0 Å². The minimum absolute atomic E-state index is 0.321. The number of halogens is 3. The van der Waals surface area contributed by atoms with Gasteiger partial charge in [0.2, 0.25) is 15.9 Å². The summed E-state index contributed by atoms with van der Waals surface area (Å²) >= 11 is 1.45. The van der Waals surface area contributed by atoms with E-state index in [9.17, 15) is 26.4 Å². The molecule has 0 saturated heterocycles. The molecule has 2 aromatic rings. The Balaban J connectivity index is 2.02. The van der Waals surface area contributed by atoms with E-state index in [1.165, 1.54) is 23.3 Å². The average molecular weight is 392 g/mol. The maximum atomic E-state index is 12.7. The maximum Gasteiger partial charge on any atom is 0.416 e. The predicted molar refractivity (Wildman–Crippen MR) is 87.4 cm³/mol. The molecule has 1 N–H and O–H groups in total. The molecule has 1 amide bonds. The number of nitrogens with one attached hydrogen (secondary N) is 1. The fraction of sp³-hybridized carbons (Fsp3) is 0.267. The zero-order chi connectivity index (χ0) is 18.7. The van der Waals surface area contributed by atoms with Crippen LogP contribution >= 0.6 is 11.3 Å². The van der Waals surface area contributed by atoms with Gasteiger partial charge in [0, 0.05) is 11.9 Å². The van der Waals surface area contributed by atoms with Gasteiger partial charge >= 0.3 is 6.18 Å². The number of likely N-dealkylation sites (N-methyl/N-ethyl adjacent to an activating group) is 1. The Hall–Kier alpha value is -1.91. The molecular weight excluding hydrogens is 377 g/mol. The summed E-state index contributed by atoms with van der Waals surface area (Å²) in [5.74, 6) is -0.496. The molecule has 0 aliphatic rings. The number of nitrogens with zero attached hydrogens (tertiary/aromatic N) is 1. The van der Waals surface area contributed by atoms with Gasteiger partial charge < -0.3 is 4.90 Å². The van der Waals surface area contributed by atoms with Crippen LogP contribution in [0.5, 0.6) is 0 Å². The lowest BCUT2D eigenvalue weighted by Crippen LogP contribution is -2.37. The van der Waals surface area contributed by atoms with Crippen molar-refractivity contribution in [2.24, 2.45) is 0 Å². The summed E-state index contributed by atoms with van der Waals surface area (Å²) in [5, 5.41) is 1.85. The van der Waals surface area contributed by atoms with Crippen LogP contribution in [0.1, 0.15) is 10.4 Å². The SMILES string of the molecule is CN(Cc1cccs1)C(=O)CNS(=O)(=O)c1cccc(C(F)(F)F)c1. The topological polar surface area (TPSA) is 66.5 Å². The van der Waals surface area contributed by atoms with Crippen molar-refractivity contribution in [2.75, 3.05) is 13.6 Å². The van der Waals surface area contributed by atoms with Gasteiger partial charge in [-0.2, -0.15) is 13.2 Å². The molecule has 0 radical (unpaired) electrons. The van der Waals surface area contributed by atoms with E-state index in [1.54, 1.807) is 0 Å². The molecule has 0 atom stereocenters. The first-order valence-electron chi connectivity index (χ1n) is 7.03. The van der Waals surface area contributed by atoms with Gasteiger partial charge in [0.05, 0.1) is 23.5 Å². The number of hydrogen-bond donors (Lipinski definition) is 1. The third-order valence-electron chi connectivity index (χ3n) is 3.28. The first-order chi connectivity index (χ1) is 11.6. The summed E-state index contributed by atoms with van der Waals surface area (Å²) in [4.78, 5) is 13.7. The van der Waals surface area contributed by atoms with E-state index < -0.39 is 39.1 Å². The first-order valence-corrected chi connectivity index (χ1v) is 9.39. The number of carbonyl (C=O) groups excluding carboxylic acids is 1. The van der Waals surface area contributed by atoms with Crippen LogP contribution in [0.15, 0.2) is 46.7 Å². The largest absolute Gasteiger partial charge is 0.416 e. The number of hydrogen-bond acceptors (Lipinski definition) is 4. The Morgan fingerprint density at radius 2 is 1.96 bits per heavy atom. The summed E-state index contributed by atoms with van der Waals surface area (Å²) in [5.41, 5.74) is -1.07. The van der Waals surface area contributed by atoms with Gasteiger partial charge in [-0.1, -0.05) is 12.1 Å². The number of rotatable bonds is 6. The summed E-state index contributed by atoms with van der Waals surface area (Å²) in [6.07, 6.45) is -4.65. The fourth-order valence-corrected chi connectivity index (χ4v) is 3.72. The lowest BCUT2D eigenvalue weighted by atomic mass is 10.2.